The Morgan fingerprint density at radius 3 is 2.29 bits per heavy atom. The molecule has 21 heavy (non-hydrogen) atoms. The maximum atomic E-state index is 5.30. The average Bonchev–Trinajstić information content (AvgIpc) is 3.04. The van der Waals surface area contributed by atoms with Gasteiger partial charge in [0.2, 0.25) is 5.75 Å². The number of H-pyrrole nitrogens is 1. The van der Waals surface area contributed by atoms with Crippen LogP contribution in [0.4, 0.5) is 5.95 Å². The summed E-state index contributed by atoms with van der Waals surface area (Å²) in [5.41, 5.74) is 4.19. The SMILES string of the molecule is COc1cc(/C(C)=N/Nc2nn[nH]n2)cc(OC)c1OC. The molecule has 0 amide bonds. The average molecular weight is 292 g/mol. The Labute approximate surface area is 121 Å². The first-order valence-corrected chi connectivity index (χ1v) is 6.03. The molecule has 2 rings (SSSR count). The number of hydrogen-bond donors (Lipinski definition) is 2. The highest BCUT2D eigenvalue weighted by Gasteiger charge is 2.14. The second kappa shape index (κ2) is 6.55. The van der Waals surface area contributed by atoms with Gasteiger partial charge in [0.25, 0.3) is 5.95 Å². The zero-order chi connectivity index (χ0) is 15.2. The summed E-state index contributed by atoms with van der Waals surface area (Å²) in [4.78, 5) is 0. The number of anilines is 1. The third-order valence-corrected chi connectivity index (χ3v) is 2.75. The van der Waals surface area contributed by atoms with E-state index in [1.807, 2.05) is 6.92 Å². The fourth-order valence-electron chi connectivity index (χ4n) is 1.70. The van der Waals surface area contributed by atoms with Gasteiger partial charge < -0.3 is 14.2 Å². The first-order chi connectivity index (χ1) is 10.2. The molecule has 9 nitrogen and oxygen atoms in total. The molecule has 2 aromatic rings. The number of benzene rings is 1. The van der Waals surface area contributed by atoms with Crippen molar-refractivity contribution in [1.82, 2.24) is 20.6 Å². The van der Waals surface area contributed by atoms with Crippen molar-refractivity contribution in [1.29, 1.82) is 0 Å². The molecule has 0 aliphatic carbocycles. The monoisotopic (exact) mass is 292 g/mol. The van der Waals surface area contributed by atoms with Crippen molar-refractivity contribution >= 4 is 11.7 Å². The van der Waals surface area contributed by atoms with Crippen molar-refractivity contribution in [3.63, 3.8) is 0 Å². The van der Waals surface area contributed by atoms with Crippen LogP contribution in [-0.4, -0.2) is 47.7 Å². The number of nitrogens with zero attached hydrogens (tertiary/aromatic N) is 4. The number of nitrogens with one attached hydrogen (secondary N) is 2. The third-order valence-electron chi connectivity index (χ3n) is 2.75. The highest BCUT2D eigenvalue weighted by molar-refractivity contribution is 6.00. The Morgan fingerprint density at radius 1 is 1.14 bits per heavy atom. The van der Waals surface area contributed by atoms with Gasteiger partial charge in [0, 0.05) is 5.56 Å². The van der Waals surface area contributed by atoms with E-state index in [0.29, 0.717) is 23.0 Å². The number of aromatic amines is 1. The van der Waals surface area contributed by atoms with Crippen LogP contribution in [-0.2, 0) is 0 Å². The molecule has 0 spiro atoms. The van der Waals surface area contributed by atoms with E-state index in [-0.39, 0.29) is 5.95 Å². The fraction of sp³-hybridized carbons (Fsp3) is 0.333. The summed E-state index contributed by atoms with van der Waals surface area (Å²) in [6, 6.07) is 3.61. The molecule has 0 aliphatic rings. The third kappa shape index (κ3) is 3.19. The molecule has 0 fully saturated rings. The van der Waals surface area contributed by atoms with E-state index in [4.69, 9.17) is 14.2 Å². The molecule has 1 aromatic carbocycles. The minimum Gasteiger partial charge on any atom is -0.493 e. The van der Waals surface area contributed by atoms with Gasteiger partial charge in [-0.2, -0.15) is 10.3 Å². The first-order valence-electron chi connectivity index (χ1n) is 6.03. The molecular weight excluding hydrogens is 276 g/mol. The van der Waals surface area contributed by atoms with Crippen molar-refractivity contribution in [2.75, 3.05) is 26.8 Å². The van der Waals surface area contributed by atoms with Crippen LogP contribution in [0, 0.1) is 0 Å². The normalized spacial score (nSPS) is 11.1. The van der Waals surface area contributed by atoms with E-state index >= 15 is 0 Å². The summed E-state index contributed by atoms with van der Waals surface area (Å²) in [5, 5.41) is 17.4. The van der Waals surface area contributed by atoms with Gasteiger partial charge in [-0.25, -0.2) is 5.43 Å². The van der Waals surface area contributed by atoms with Crippen LogP contribution < -0.4 is 19.6 Å². The Hall–Kier alpha value is -2.84. The van der Waals surface area contributed by atoms with Crippen LogP contribution in [0.25, 0.3) is 0 Å². The molecule has 0 aliphatic heterocycles. The Bertz CT molecular complexity index is 601. The summed E-state index contributed by atoms with van der Waals surface area (Å²) >= 11 is 0. The number of hydrogen-bond acceptors (Lipinski definition) is 8. The van der Waals surface area contributed by atoms with Gasteiger partial charge in [0.05, 0.1) is 27.0 Å². The van der Waals surface area contributed by atoms with Crippen molar-refractivity contribution < 1.29 is 14.2 Å². The van der Waals surface area contributed by atoms with Crippen LogP contribution in [0.2, 0.25) is 0 Å². The quantitative estimate of drug-likeness (QED) is 0.605. The molecule has 9 heteroatoms. The van der Waals surface area contributed by atoms with Gasteiger partial charge in [0.15, 0.2) is 11.5 Å². The van der Waals surface area contributed by atoms with Crippen LogP contribution >= 0.6 is 0 Å². The lowest BCUT2D eigenvalue weighted by Crippen LogP contribution is -2.03. The fourth-order valence-corrected chi connectivity index (χ4v) is 1.70. The van der Waals surface area contributed by atoms with Gasteiger partial charge in [-0.3, -0.25) is 0 Å². The minimum atomic E-state index is 0.279. The number of hydrazone groups is 1. The second-order valence-corrected chi connectivity index (χ2v) is 3.96. The van der Waals surface area contributed by atoms with Crippen LogP contribution in [0.15, 0.2) is 17.2 Å². The zero-order valence-corrected chi connectivity index (χ0v) is 12.2. The molecule has 0 saturated carbocycles. The second-order valence-electron chi connectivity index (χ2n) is 3.96. The minimum absolute atomic E-state index is 0.279. The predicted molar refractivity (Wildman–Crippen MR) is 76.1 cm³/mol. The molecule has 2 N–H and O–H groups in total. The lowest BCUT2D eigenvalue weighted by Gasteiger charge is -2.13. The smallest absolute Gasteiger partial charge is 0.283 e. The number of tetrazole rings is 1. The number of methoxy groups -OCH3 is 3. The number of aromatic nitrogens is 4. The summed E-state index contributed by atoms with van der Waals surface area (Å²) in [7, 11) is 4.68. The predicted octanol–water partition coefficient (Wildman–Crippen LogP) is 1.06. The molecule has 0 saturated heterocycles. The van der Waals surface area contributed by atoms with Crippen LogP contribution in [0.3, 0.4) is 0 Å². The molecule has 0 radical (unpaired) electrons. The van der Waals surface area contributed by atoms with E-state index in [1.54, 1.807) is 33.5 Å². The topological polar surface area (TPSA) is 107 Å². The van der Waals surface area contributed by atoms with Gasteiger partial charge in [-0.05, 0) is 24.3 Å². The summed E-state index contributed by atoms with van der Waals surface area (Å²) in [6.07, 6.45) is 0. The van der Waals surface area contributed by atoms with Gasteiger partial charge in [-0.15, -0.1) is 5.10 Å². The molecule has 1 heterocycles. The van der Waals surface area contributed by atoms with Crippen molar-refractivity contribution in [3.8, 4) is 17.2 Å². The Kier molecular flexibility index (Phi) is 4.54. The first kappa shape index (κ1) is 14.6. The highest BCUT2D eigenvalue weighted by Crippen LogP contribution is 2.38. The van der Waals surface area contributed by atoms with E-state index in [1.165, 1.54) is 0 Å². The molecule has 0 bridgehead atoms. The standard InChI is InChI=1S/C12H16N6O3/c1-7(13-14-12-15-17-18-16-12)8-5-9(19-2)11(21-4)10(6-8)20-3/h5-6H,1-4H3,(H2,14,15,16,17,18)/b13-7+. The van der Waals surface area contributed by atoms with Crippen molar-refractivity contribution in [3.05, 3.63) is 17.7 Å². The van der Waals surface area contributed by atoms with E-state index in [0.717, 1.165) is 5.56 Å². The molecule has 0 atom stereocenters. The number of rotatable bonds is 6. The van der Waals surface area contributed by atoms with Crippen LogP contribution in [0.1, 0.15) is 12.5 Å². The summed E-state index contributed by atoms with van der Waals surface area (Å²) < 4.78 is 15.9. The highest BCUT2D eigenvalue weighted by atomic mass is 16.5. The lowest BCUT2D eigenvalue weighted by molar-refractivity contribution is 0.324. The van der Waals surface area contributed by atoms with Gasteiger partial charge in [0.1, 0.15) is 0 Å². The largest absolute Gasteiger partial charge is 0.493 e. The molecular formula is C12H16N6O3. The molecule has 0 unspecified atom stereocenters. The van der Waals surface area contributed by atoms with Gasteiger partial charge >= 0.3 is 0 Å². The van der Waals surface area contributed by atoms with Gasteiger partial charge in [-0.1, -0.05) is 5.10 Å². The van der Waals surface area contributed by atoms with E-state index in [9.17, 15) is 0 Å². The lowest BCUT2D eigenvalue weighted by atomic mass is 10.1. The maximum absolute atomic E-state index is 5.30. The number of ether oxygens (including phenoxy) is 3. The molecule has 1 aromatic heterocycles. The molecule has 112 valence electrons. The maximum Gasteiger partial charge on any atom is 0.283 e. The van der Waals surface area contributed by atoms with E-state index < -0.39 is 0 Å². The van der Waals surface area contributed by atoms with E-state index in [2.05, 4.69) is 31.2 Å². The zero-order valence-electron chi connectivity index (χ0n) is 12.2. The van der Waals surface area contributed by atoms with Crippen molar-refractivity contribution in [2.24, 2.45) is 5.10 Å². The Balaban J connectivity index is 2.32. The van der Waals surface area contributed by atoms with Crippen LogP contribution in [0.5, 0.6) is 17.2 Å². The van der Waals surface area contributed by atoms with Crippen molar-refractivity contribution in [2.45, 2.75) is 6.92 Å². The summed E-state index contributed by atoms with van der Waals surface area (Å²) in [5.74, 6) is 1.92. The summed E-state index contributed by atoms with van der Waals surface area (Å²) in [6.45, 7) is 1.83. The Morgan fingerprint density at radius 2 is 1.81 bits per heavy atom.